The molecule has 2 aromatic rings. The Bertz CT molecular complexity index is 966. The van der Waals surface area contributed by atoms with Crippen molar-refractivity contribution < 1.29 is 28.9 Å². The molecule has 0 radical (unpaired) electrons. The van der Waals surface area contributed by atoms with Crippen LogP contribution in [0.2, 0.25) is 0 Å². The van der Waals surface area contributed by atoms with Crippen LogP contribution >= 0.6 is 0 Å². The van der Waals surface area contributed by atoms with Gasteiger partial charge >= 0.3 is 0 Å². The van der Waals surface area contributed by atoms with Crippen molar-refractivity contribution in [2.75, 3.05) is 33.5 Å². The molecule has 31 heavy (non-hydrogen) atoms. The van der Waals surface area contributed by atoms with E-state index in [4.69, 9.17) is 14.2 Å². The van der Waals surface area contributed by atoms with E-state index in [9.17, 15) is 14.7 Å². The SMILES string of the molecule is CCOc1ccc(C2/C(=C(/O)c3cccc(OCC)c3)C(=O)C(=O)N2CCOC)cc1. The van der Waals surface area contributed by atoms with Gasteiger partial charge in [0, 0.05) is 19.2 Å². The highest BCUT2D eigenvalue weighted by Gasteiger charge is 2.45. The number of amides is 1. The molecule has 2 aromatic carbocycles. The van der Waals surface area contributed by atoms with Crippen molar-refractivity contribution in [3.63, 3.8) is 0 Å². The molecule has 1 amide bonds. The van der Waals surface area contributed by atoms with Gasteiger partial charge in [-0.2, -0.15) is 0 Å². The Kier molecular flexibility index (Phi) is 7.31. The second kappa shape index (κ2) is 10.1. The summed E-state index contributed by atoms with van der Waals surface area (Å²) in [5.41, 5.74) is 1.15. The Morgan fingerprint density at radius 1 is 1.00 bits per heavy atom. The molecule has 0 aliphatic carbocycles. The average Bonchev–Trinajstić information content (AvgIpc) is 3.03. The number of aliphatic hydroxyl groups is 1. The van der Waals surface area contributed by atoms with Gasteiger partial charge in [-0.3, -0.25) is 9.59 Å². The highest BCUT2D eigenvalue weighted by atomic mass is 16.5. The second-order valence-corrected chi connectivity index (χ2v) is 6.95. The second-order valence-electron chi connectivity index (χ2n) is 6.95. The molecule has 1 N–H and O–H groups in total. The van der Waals surface area contributed by atoms with Crippen molar-refractivity contribution in [2.24, 2.45) is 0 Å². The number of carbonyl (C=O) groups is 2. The van der Waals surface area contributed by atoms with Gasteiger partial charge in [-0.05, 0) is 43.7 Å². The number of benzene rings is 2. The molecule has 7 heteroatoms. The fourth-order valence-corrected chi connectivity index (χ4v) is 3.62. The van der Waals surface area contributed by atoms with Gasteiger partial charge in [0.15, 0.2) is 0 Å². The van der Waals surface area contributed by atoms with Gasteiger partial charge < -0.3 is 24.2 Å². The van der Waals surface area contributed by atoms with E-state index in [2.05, 4.69) is 0 Å². The van der Waals surface area contributed by atoms with Gasteiger partial charge in [-0.15, -0.1) is 0 Å². The van der Waals surface area contributed by atoms with E-state index in [1.165, 1.54) is 12.0 Å². The number of hydrogen-bond acceptors (Lipinski definition) is 6. The van der Waals surface area contributed by atoms with E-state index < -0.39 is 17.7 Å². The van der Waals surface area contributed by atoms with Crippen LogP contribution in [-0.4, -0.2) is 55.2 Å². The summed E-state index contributed by atoms with van der Waals surface area (Å²) in [5.74, 6) is -0.381. The molecular weight excluding hydrogens is 398 g/mol. The molecular formula is C24H27NO6. The molecule has 1 saturated heterocycles. The number of ketones is 1. The number of aliphatic hydroxyl groups excluding tert-OH is 1. The molecule has 0 saturated carbocycles. The number of Topliss-reactive ketones (excluding diaryl/α,β-unsaturated/α-hetero) is 1. The molecule has 1 atom stereocenters. The fourth-order valence-electron chi connectivity index (χ4n) is 3.62. The zero-order chi connectivity index (χ0) is 22.4. The van der Waals surface area contributed by atoms with Crippen molar-refractivity contribution in [1.82, 2.24) is 4.90 Å². The minimum absolute atomic E-state index is 0.0407. The number of methoxy groups -OCH3 is 1. The van der Waals surface area contributed by atoms with Crippen molar-refractivity contribution in [2.45, 2.75) is 19.9 Å². The number of nitrogens with zero attached hydrogens (tertiary/aromatic N) is 1. The summed E-state index contributed by atoms with van der Waals surface area (Å²) >= 11 is 0. The Labute approximate surface area is 181 Å². The summed E-state index contributed by atoms with van der Waals surface area (Å²) in [6.45, 7) is 5.23. The van der Waals surface area contributed by atoms with Crippen molar-refractivity contribution in [3.05, 3.63) is 65.2 Å². The lowest BCUT2D eigenvalue weighted by molar-refractivity contribution is -0.140. The van der Waals surface area contributed by atoms with Gasteiger partial charge in [0.05, 0.1) is 31.4 Å². The summed E-state index contributed by atoms with van der Waals surface area (Å²) in [6.07, 6.45) is 0. The Balaban J connectivity index is 2.10. The highest BCUT2D eigenvalue weighted by molar-refractivity contribution is 6.46. The van der Waals surface area contributed by atoms with Crippen LogP contribution < -0.4 is 9.47 Å². The van der Waals surface area contributed by atoms with E-state index in [-0.39, 0.29) is 24.5 Å². The smallest absolute Gasteiger partial charge is 0.295 e. The first-order valence-electron chi connectivity index (χ1n) is 10.2. The van der Waals surface area contributed by atoms with Gasteiger partial charge in [-0.25, -0.2) is 0 Å². The van der Waals surface area contributed by atoms with Crippen LogP contribution in [0.15, 0.2) is 54.1 Å². The lowest BCUT2D eigenvalue weighted by atomic mass is 9.95. The van der Waals surface area contributed by atoms with Crippen LogP contribution in [0.1, 0.15) is 31.0 Å². The van der Waals surface area contributed by atoms with E-state index >= 15 is 0 Å². The largest absolute Gasteiger partial charge is 0.507 e. The van der Waals surface area contributed by atoms with E-state index in [1.54, 1.807) is 48.5 Å². The van der Waals surface area contributed by atoms with Gasteiger partial charge in [0.25, 0.3) is 11.7 Å². The molecule has 1 aliphatic rings. The molecule has 3 rings (SSSR count). The molecule has 1 fully saturated rings. The van der Waals surface area contributed by atoms with Crippen molar-refractivity contribution in [1.29, 1.82) is 0 Å². The zero-order valence-electron chi connectivity index (χ0n) is 18.0. The maximum absolute atomic E-state index is 13.0. The molecule has 0 spiro atoms. The van der Waals surface area contributed by atoms with Crippen LogP contribution in [0, 0.1) is 0 Å². The minimum Gasteiger partial charge on any atom is -0.507 e. The predicted molar refractivity (Wildman–Crippen MR) is 116 cm³/mol. The zero-order valence-corrected chi connectivity index (χ0v) is 18.0. The summed E-state index contributed by atoms with van der Waals surface area (Å²) in [5, 5.41) is 11.1. The van der Waals surface area contributed by atoms with Crippen LogP contribution in [0.25, 0.3) is 5.76 Å². The number of hydrogen-bond donors (Lipinski definition) is 1. The fraction of sp³-hybridized carbons (Fsp3) is 0.333. The third-order valence-electron chi connectivity index (χ3n) is 5.00. The van der Waals surface area contributed by atoms with Crippen LogP contribution in [0.4, 0.5) is 0 Å². The Morgan fingerprint density at radius 3 is 2.32 bits per heavy atom. The van der Waals surface area contributed by atoms with Gasteiger partial charge in [0.2, 0.25) is 0 Å². The minimum atomic E-state index is -0.735. The first-order chi connectivity index (χ1) is 15.0. The lowest BCUT2D eigenvalue weighted by Gasteiger charge is -2.25. The molecule has 0 bridgehead atoms. The Hall–Kier alpha value is -3.32. The topological polar surface area (TPSA) is 85.3 Å². The summed E-state index contributed by atoms with van der Waals surface area (Å²) in [4.78, 5) is 27.2. The number of rotatable bonds is 9. The van der Waals surface area contributed by atoms with Crippen LogP contribution in [0.3, 0.4) is 0 Å². The summed E-state index contributed by atoms with van der Waals surface area (Å²) in [7, 11) is 1.53. The Morgan fingerprint density at radius 2 is 1.68 bits per heavy atom. The monoisotopic (exact) mass is 425 g/mol. The predicted octanol–water partition coefficient (Wildman–Crippen LogP) is 3.55. The molecule has 7 nitrogen and oxygen atoms in total. The van der Waals surface area contributed by atoms with Crippen molar-refractivity contribution in [3.8, 4) is 11.5 Å². The lowest BCUT2D eigenvalue weighted by Crippen LogP contribution is -2.32. The average molecular weight is 425 g/mol. The maximum Gasteiger partial charge on any atom is 0.295 e. The van der Waals surface area contributed by atoms with Gasteiger partial charge in [0.1, 0.15) is 17.3 Å². The van der Waals surface area contributed by atoms with Crippen LogP contribution in [0.5, 0.6) is 11.5 Å². The van der Waals surface area contributed by atoms with Gasteiger partial charge in [-0.1, -0.05) is 24.3 Å². The number of likely N-dealkylation sites (tertiary alicyclic amines) is 1. The highest BCUT2D eigenvalue weighted by Crippen LogP contribution is 2.40. The van der Waals surface area contributed by atoms with E-state index in [1.807, 2.05) is 13.8 Å². The molecule has 1 heterocycles. The summed E-state index contributed by atoms with van der Waals surface area (Å²) < 4.78 is 16.1. The molecule has 0 aromatic heterocycles. The number of ether oxygens (including phenoxy) is 3. The van der Waals surface area contributed by atoms with Crippen molar-refractivity contribution >= 4 is 17.4 Å². The summed E-state index contributed by atoms with van der Waals surface area (Å²) in [6, 6.07) is 13.2. The third-order valence-corrected chi connectivity index (χ3v) is 5.00. The first-order valence-corrected chi connectivity index (χ1v) is 10.2. The maximum atomic E-state index is 13.0. The molecule has 1 unspecified atom stereocenters. The normalized spacial score (nSPS) is 17.8. The first kappa shape index (κ1) is 22.4. The molecule has 164 valence electrons. The third kappa shape index (κ3) is 4.72. The van der Waals surface area contributed by atoms with Crippen LogP contribution in [-0.2, 0) is 14.3 Å². The standard InChI is InChI=1S/C24H27NO6/c1-4-30-18-11-9-16(10-12-18)21-20(23(27)24(28)25(21)13-14-29-3)22(26)17-7-6-8-19(15-17)31-5-2/h6-12,15,21,26H,4-5,13-14H2,1-3H3/b22-20-. The number of carbonyl (C=O) groups excluding carboxylic acids is 2. The molecule has 1 aliphatic heterocycles. The van der Waals surface area contributed by atoms with E-state index in [0.717, 1.165) is 0 Å². The van der Waals surface area contributed by atoms with E-state index in [0.29, 0.717) is 35.8 Å². The quantitative estimate of drug-likeness (QED) is 0.376.